The molecule has 0 aromatic heterocycles. The molecule has 1 aromatic rings. The Morgan fingerprint density at radius 2 is 2.25 bits per heavy atom. The van der Waals surface area contributed by atoms with Crippen molar-refractivity contribution in [2.45, 2.75) is 25.4 Å². The number of carbonyl (C=O) groups is 1. The van der Waals surface area contributed by atoms with Crippen LogP contribution in [0.25, 0.3) is 0 Å². The van der Waals surface area contributed by atoms with Crippen molar-refractivity contribution >= 4 is 11.6 Å². The molecule has 2 aliphatic rings. The van der Waals surface area contributed by atoms with Crippen molar-refractivity contribution in [3.05, 3.63) is 29.8 Å². The molecular weight excluding hydrogens is 202 g/mol. The van der Waals surface area contributed by atoms with Crippen LogP contribution < -0.4 is 4.90 Å². The van der Waals surface area contributed by atoms with Crippen molar-refractivity contribution in [1.82, 2.24) is 0 Å². The first-order valence-electron chi connectivity index (χ1n) is 5.84. The number of amides is 1. The third-order valence-electron chi connectivity index (χ3n) is 3.34. The number of nitrogens with zero attached hydrogens (tertiary/aromatic N) is 1. The maximum Gasteiger partial charge on any atom is 0.231 e. The van der Waals surface area contributed by atoms with Crippen LogP contribution in [0.3, 0.4) is 0 Å². The highest BCUT2D eigenvalue weighted by Gasteiger charge is 2.29. The molecule has 0 spiro atoms. The topological polar surface area (TPSA) is 29.5 Å². The molecule has 2 aliphatic heterocycles. The Morgan fingerprint density at radius 1 is 1.38 bits per heavy atom. The number of hydrogen-bond acceptors (Lipinski definition) is 2. The molecule has 0 N–H and O–H groups in total. The molecule has 0 saturated carbocycles. The summed E-state index contributed by atoms with van der Waals surface area (Å²) in [6, 6.07) is 8.03. The Morgan fingerprint density at radius 3 is 3.06 bits per heavy atom. The molecule has 3 nitrogen and oxygen atoms in total. The SMILES string of the molecule is O=C1Cc2ccccc2N1CC1CCCO1. The molecule has 0 bridgehead atoms. The lowest BCUT2D eigenvalue weighted by Gasteiger charge is -2.21. The van der Waals surface area contributed by atoms with E-state index in [-0.39, 0.29) is 12.0 Å². The number of ether oxygens (including phenoxy) is 1. The molecular formula is C13H15NO2. The first kappa shape index (κ1) is 9.85. The lowest BCUT2D eigenvalue weighted by atomic mass is 10.2. The summed E-state index contributed by atoms with van der Waals surface area (Å²) in [4.78, 5) is 13.8. The number of hydrogen-bond donors (Lipinski definition) is 0. The van der Waals surface area contributed by atoms with Gasteiger partial charge in [-0.15, -0.1) is 0 Å². The molecule has 0 aliphatic carbocycles. The maximum absolute atomic E-state index is 11.9. The number of fused-ring (bicyclic) bond motifs is 1. The molecule has 1 atom stereocenters. The van der Waals surface area contributed by atoms with Crippen LogP contribution in [0.4, 0.5) is 5.69 Å². The van der Waals surface area contributed by atoms with Gasteiger partial charge in [0.15, 0.2) is 0 Å². The normalized spacial score (nSPS) is 23.9. The smallest absolute Gasteiger partial charge is 0.231 e. The summed E-state index contributed by atoms with van der Waals surface area (Å²) in [5.41, 5.74) is 2.22. The zero-order valence-corrected chi connectivity index (χ0v) is 9.19. The Kier molecular flexibility index (Phi) is 2.40. The number of benzene rings is 1. The third kappa shape index (κ3) is 1.61. The van der Waals surface area contributed by atoms with Gasteiger partial charge in [-0.1, -0.05) is 18.2 Å². The monoisotopic (exact) mass is 217 g/mol. The van der Waals surface area contributed by atoms with E-state index < -0.39 is 0 Å². The summed E-state index contributed by atoms with van der Waals surface area (Å²) < 4.78 is 5.58. The van der Waals surface area contributed by atoms with Gasteiger partial charge in [-0.3, -0.25) is 4.79 Å². The highest BCUT2D eigenvalue weighted by molar-refractivity contribution is 6.01. The van der Waals surface area contributed by atoms with Gasteiger partial charge in [0.05, 0.1) is 19.1 Å². The van der Waals surface area contributed by atoms with Crippen LogP contribution in [0.15, 0.2) is 24.3 Å². The number of para-hydroxylation sites is 1. The average molecular weight is 217 g/mol. The molecule has 1 aromatic carbocycles. The molecule has 1 unspecified atom stereocenters. The first-order chi connectivity index (χ1) is 7.84. The third-order valence-corrected chi connectivity index (χ3v) is 3.34. The second-order valence-electron chi connectivity index (χ2n) is 4.44. The highest BCUT2D eigenvalue weighted by atomic mass is 16.5. The number of anilines is 1. The van der Waals surface area contributed by atoms with Gasteiger partial charge in [0.1, 0.15) is 0 Å². The zero-order chi connectivity index (χ0) is 11.0. The Bertz CT molecular complexity index is 410. The molecule has 2 heterocycles. The molecule has 3 rings (SSSR count). The van der Waals surface area contributed by atoms with E-state index in [1.54, 1.807) is 0 Å². The quantitative estimate of drug-likeness (QED) is 0.755. The van der Waals surface area contributed by atoms with Crippen LogP contribution in [-0.2, 0) is 16.0 Å². The average Bonchev–Trinajstić information content (AvgIpc) is 2.89. The Labute approximate surface area is 95.0 Å². The molecule has 16 heavy (non-hydrogen) atoms. The largest absolute Gasteiger partial charge is 0.376 e. The van der Waals surface area contributed by atoms with Crippen molar-refractivity contribution in [3.8, 4) is 0 Å². The molecule has 84 valence electrons. The predicted octanol–water partition coefficient (Wildman–Crippen LogP) is 1.75. The summed E-state index contributed by atoms with van der Waals surface area (Å²) in [5.74, 6) is 0.205. The predicted molar refractivity (Wildman–Crippen MR) is 61.5 cm³/mol. The lowest BCUT2D eigenvalue weighted by Crippen LogP contribution is -2.34. The van der Waals surface area contributed by atoms with Crippen molar-refractivity contribution in [3.63, 3.8) is 0 Å². The van der Waals surface area contributed by atoms with Crippen LogP contribution in [0.5, 0.6) is 0 Å². The second kappa shape index (κ2) is 3.91. The fourth-order valence-electron chi connectivity index (χ4n) is 2.51. The Hall–Kier alpha value is -1.35. The van der Waals surface area contributed by atoms with E-state index in [0.717, 1.165) is 37.2 Å². The number of carbonyl (C=O) groups excluding carboxylic acids is 1. The maximum atomic E-state index is 11.9. The second-order valence-corrected chi connectivity index (χ2v) is 4.44. The summed E-state index contributed by atoms with van der Waals surface area (Å²) >= 11 is 0. The summed E-state index contributed by atoms with van der Waals surface area (Å²) in [7, 11) is 0. The van der Waals surface area contributed by atoms with Gasteiger partial charge in [0.2, 0.25) is 5.91 Å². The standard InChI is InChI=1S/C13H15NO2/c15-13-8-10-4-1-2-6-12(10)14(13)9-11-5-3-7-16-11/h1-2,4,6,11H,3,5,7-9H2. The molecule has 0 radical (unpaired) electrons. The van der Waals surface area contributed by atoms with Gasteiger partial charge in [-0.2, -0.15) is 0 Å². The van der Waals surface area contributed by atoms with E-state index in [1.807, 2.05) is 29.2 Å². The van der Waals surface area contributed by atoms with Crippen LogP contribution in [0.2, 0.25) is 0 Å². The van der Waals surface area contributed by atoms with Crippen molar-refractivity contribution in [2.24, 2.45) is 0 Å². The molecule has 1 fully saturated rings. The fourth-order valence-corrected chi connectivity index (χ4v) is 2.51. The van der Waals surface area contributed by atoms with Gasteiger partial charge in [0, 0.05) is 12.3 Å². The van der Waals surface area contributed by atoms with E-state index in [0.29, 0.717) is 6.42 Å². The van der Waals surface area contributed by atoms with E-state index in [2.05, 4.69) is 0 Å². The molecule has 3 heteroatoms. The lowest BCUT2D eigenvalue weighted by molar-refractivity contribution is -0.117. The van der Waals surface area contributed by atoms with E-state index in [4.69, 9.17) is 4.74 Å². The minimum atomic E-state index is 0.205. The van der Waals surface area contributed by atoms with Crippen LogP contribution in [0.1, 0.15) is 18.4 Å². The first-order valence-corrected chi connectivity index (χ1v) is 5.84. The van der Waals surface area contributed by atoms with Gasteiger partial charge in [0.25, 0.3) is 0 Å². The van der Waals surface area contributed by atoms with Crippen LogP contribution >= 0.6 is 0 Å². The molecule has 1 saturated heterocycles. The number of rotatable bonds is 2. The molecule has 1 amide bonds. The van der Waals surface area contributed by atoms with E-state index >= 15 is 0 Å². The summed E-state index contributed by atoms with van der Waals surface area (Å²) in [5, 5.41) is 0. The van der Waals surface area contributed by atoms with Gasteiger partial charge in [-0.05, 0) is 24.5 Å². The van der Waals surface area contributed by atoms with E-state index in [1.165, 1.54) is 0 Å². The minimum absolute atomic E-state index is 0.205. The van der Waals surface area contributed by atoms with Gasteiger partial charge < -0.3 is 9.64 Å². The minimum Gasteiger partial charge on any atom is -0.376 e. The van der Waals surface area contributed by atoms with Gasteiger partial charge in [-0.25, -0.2) is 0 Å². The van der Waals surface area contributed by atoms with Gasteiger partial charge >= 0.3 is 0 Å². The highest BCUT2D eigenvalue weighted by Crippen LogP contribution is 2.29. The van der Waals surface area contributed by atoms with Crippen LogP contribution in [-0.4, -0.2) is 25.2 Å². The van der Waals surface area contributed by atoms with Crippen LogP contribution in [0, 0.1) is 0 Å². The Balaban J connectivity index is 1.81. The van der Waals surface area contributed by atoms with E-state index in [9.17, 15) is 4.79 Å². The van der Waals surface area contributed by atoms with Crippen molar-refractivity contribution in [2.75, 3.05) is 18.1 Å². The van der Waals surface area contributed by atoms with Crippen molar-refractivity contribution < 1.29 is 9.53 Å². The zero-order valence-electron chi connectivity index (χ0n) is 9.19. The fraction of sp³-hybridized carbons (Fsp3) is 0.462. The summed E-state index contributed by atoms with van der Waals surface area (Å²) in [6.45, 7) is 1.56. The summed E-state index contributed by atoms with van der Waals surface area (Å²) in [6.07, 6.45) is 2.97. The van der Waals surface area contributed by atoms with Crippen molar-refractivity contribution in [1.29, 1.82) is 0 Å².